The number of rotatable bonds is 6. The number of anilines is 1. The van der Waals surface area contributed by atoms with Gasteiger partial charge in [0, 0.05) is 25.7 Å². The summed E-state index contributed by atoms with van der Waals surface area (Å²) in [6, 6.07) is 4.25. The van der Waals surface area contributed by atoms with E-state index in [1.807, 2.05) is 6.92 Å². The molecule has 0 bridgehead atoms. The van der Waals surface area contributed by atoms with Gasteiger partial charge in [0.15, 0.2) is 0 Å². The number of hydrogen-bond acceptors (Lipinski definition) is 6. The van der Waals surface area contributed by atoms with Crippen LogP contribution >= 0.6 is 0 Å². The Bertz CT molecular complexity index is 489. The van der Waals surface area contributed by atoms with Crippen LogP contribution in [0.15, 0.2) is 18.2 Å². The second-order valence-corrected chi connectivity index (χ2v) is 5.15. The van der Waals surface area contributed by atoms with E-state index in [0.29, 0.717) is 11.4 Å². The second-order valence-electron chi connectivity index (χ2n) is 5.15. The minimum absolute atomic E-state index is 0.0143. The van der Waals surface area contributed by atoms with Crippen molar-refractivity contribution in [3.8, 4) is 5.75 Å². The predicted molar refractivity (Wildman–Crippen MR) is 79.5 cm³/mol. The molecule has 1 heterocycles. The number of nitrogen functional groups attached to an aromatic ring is 1. The van der Waals surface area contributed by atoms with Crippen molar-refractivity contribution in [2.45, 2.75) is 19.4 Å². The highest BCUT2D eigenvalue weighted by atomic mass is 16.6. The molecule has 1 fully saturated rings. The number of ether oxygens (including phenoxy) is 2. The molecule has 0 aromatic heterocycles. The third kappa shape index (κ3) is 4.57. The Labute approximate surface area is 123 Å². The van der Waals surface area contributed by atoms with Gasteiger partial charge in [-0.25, -0.2) is 0 Å². The summed E-state index contributed by atoms with van der Waals surface area (Å²) in [6.45, 7) is 6.27. The first-order valence-corrected chi connectivity index (χ1v) is 7.07. The molecule has 1 atom stereocenters. The van der Waals surface area contributed by atoms with Crippen molar-refractivity contribution in [2.75, 3.05) is 38.6 Å². The number of hydrogen-bond donors (Lipinski definition) is 1. The van der Waals surface area contributed by atoms with Crippen LogP contribution in [0.4, 0.5) is 11.4 Å². The summed E-state index contributed by atoms with van der Waals surface area (Å²) in [5.74, 6) is 0.374. The molecule has 1 aliphatic rings. The molecule has 2 rings (SSSR count). The molecule has 21 heavy (non-hydrogen) atoms. The average molecular weight is 295 g/mol. The molecule has 0 saturated carbocycles. The van der Waals surface area contributed by atoms with E-state index >= 15 is 0 Å². The first-order chi connectivity index (χ1) is 10.1. The quantitative estimate of drug-likeness (QED) is 0.487. The maximum Gasteiger partial charge on any atom is 0.273 e. The summed E-state index contributed by atoms with van der Waals surface area (Å²) < 4.78 is 11.0. The van der Waals surface area contributed by atoms with Crippen LogP contribution in [0.2, 0.25) is 0 Å². The van der Waals surface area contributed by atoms with Crippen molar-refractivity contribution in [1.82, 2.24) is 4.90 Å². The molecule has 116 valence electrons. The van der Waals surface area contributed by atoms with E-state index in [-0.39, 0.29) is 11.8 Å². The van der Waals surface area contributed by atoms with E-state index < -0.39 is 4.92 Å². The molecule has 1 aromatic carbocycles. The molecule has 0 radical (unpaired) electrons. The van der Waals surface area contributed by atoms with Crippen LogP contribution in [-0.2, 0) is 4.74 Å². The fourth-order valence-electron chi connectivity index (χ4n) is 2.20. The fraction of sp³-hybridized carbons (Fsp3) is 0.571. The molecule has 7 heteroatoms. The minimum Gasteiger partial charge on any atom is -0.488 e. The van der Waals surface area contributed by atoms with Gasteiger partial charge in [-0.15, -0.1) is 0 Å². The Balaban J connectivity index is 1.88. The standard InChI is InChI=1S/C14H21N3O4/c1-11(4-5-16-6-8-20-9-7-16)21-14-10-12(17(18)19)2-3-13(14)15/h2-3,10-11H,4-9,15H2,1H3. The monoisotopic (exact) mass is 295 g/mol. The zero-order valence-electron chi connectivity index (χ0n) is 12.2. The second kappa shape index (κ2) is 7.24. The van der Waals surface area contributed by atoms with E-state index in [9.17, 15) is 10.1 Å². The highest BCUT2D eigenvalue weighted by molar-refractivity contribution is 5.57. The van der Waals surface area contributed by atoms with E-state index in [1.165, 1.54) is 18.2 Å². The van der Waals surface area contributed by atoms with Crippen LogP contribution < -0.4 is 10.5 Å². The highest BCUT2D eigenvalue weighted by Gasteiger charge is 2.15. The molecule has 1 unspecified atom stereocenters. The van der Waals surface area contributed by atoms with Gasteiger partial charge in [0.05, 0.1) is 36.0 Å². The van der Waals surface area contributed by atoms with E-state index in [1.54, 1.807) is 0 Å². The summed E-state index contributed by atoms with van der Waals surface area (Å²) in [6.07, 6.45) is 0.777. The number of morpholine rings is 1. The molecule has 0 aliphatic carbocycles. The molecule has 0 spiro atoms. The van der Waals surface area contributed by atoms with Crippen LogP contribution in [0.25, 0.3) is 0 Å². The first kappa shape index (κ1) is 15.5. The van der Waals surface area contributed by atoms with Crippen molar-refractivity contribution < 1.29 is 14.4 Å². The first-order valence-electron chi connectivity index (χ1n) is 7.07. The van der Waals surface area contributed by atoms with Crippen LogP contribution in [-0.4, -0.2) is 48.8 Å². The lowest BCUT2D eigenvalue weighted by atomic mass is 10.2. The van der Waals surface area contributed by atoms with Gasteiger partial charge in [-0.05, 0) is 19.4 Å². The Morgan fingerprint density at radius 1 is 1.48 bits per heavy atom. The van der Waals surface area contributed by atoms with E-state index in [0.717, 1.165) is 39.3 Å². The fourth-order valence-corrected chi connectivity index (χ4v) is 2.20. The van der Waals surface area contributed by atoms with Crippen LogP contribution in [0.3, 0.4) is 0 Å². The number of nitrogens with zero attached hydrogens (tertiary/aromatic N) is 2. The van der Waals surface area contributed by atoms with Crippen LogP contribution in [0.1, 0.15) is 13.3 Å². The molecular weight excluding hydrogens is 274 g/mol. The smallest absolute Gasteiger partial charge is 0.273 e. The Hall–Kier alpha value is -1.86. The third-order valence-electron chi connectivity index (χ3n) is 3.49. The predicted octanol–water partition coefficient (Wildman–Crippen LogP) is 1.67. The summed E-state index contributed by atoms with van der Waals surface area (Å²) in [7, 11) is 0. The van der Waals surface area contributed by atoms with Crippen LogP contribution in [0, 0.1) is 10.1 Å². The lowest BCUT2D eigenvalue weighted by molar-refractivity contribution is -0.384. The van der Waals surface area contributed by atoms with Crippen molar-refractivity contribution in [2.24, 2.45) is 0 Å². The largest absolute Gasteiger partial charge is 0.488 e. The van der Waals surface area contributed by atoms with Gasteiger partial charge in [-0.2, -0.15) is 0 Å². The molecule has 7 nitrogen and oxygen atoms in total. The third-order valence-corrected chi connectivity index (χ3v) is 3.49. The molecule has 2 N–H and O–H groups in total. The van der Waals surface area contributed by atoms with Crippen LogP contribution in [0.5, 0.6) is 5.75 Å². The molecule has 1 aliphatic heterocycles. The molecule has 1 saturated heterocycles. The van der Waals surface area contributed by atoms with Crippen molar-refractivity contribution in [3.63, 3.8) is 0 Å². The van der Waals surface area contributed by atoms with Gasteiger partial charge in [-0.1, -0.05) is 0 Å². The summed E-state index contributed by atoms with van der Waals surface area (Å²) in [5, 5.41) is 10.8. The Kier molecular flexibility index (Phi) is 5.35. The van der Waals surface area contributed by atoms with Gasteiger partial charge in [0.25, 0.3) is 5.69 Å². The summed E-state index contributed by atoms with van der Waals surface area (Å²) >= 11 is 0. The van der Waals surface area contributed by atoms with Gasteiger partial charge in [0.1, 0.15) is 5.75 Å². The zero-order chi connectivity index (χ0) is 15.2. The van der Waals surface area contributed by atoms with E-state index in [4.69, 9.17) is 15.2 Å². The summed E-state index contributed by atoms with van der Waals surface area (Å²) in [5.41, 5.74) is 6.20. The van der Waals surface area contributed by atoms with Gasteiger partial charge >= 0.3 is 0 Å². The number of nitrogens with two attached hydrogens (primary N) is 1. The van der Waals surface area contributed by atoms with Crippen molar-refractivity contribution in [3.05, 3.63) is 28.3 Å². The number of benzene rings is 1. The maximum atomic E-state index is 10.8. The summed E-state index contributed by atoms with van der Waals surface area (Å²) in [4.78, 5) is 12.6. The number of non-ortho nitro benzene ring substituents is 1. The van der Waals surface area contributed by atoms with E-state index in [2.05, 4.69) is 4.90 Å². The Morgan fingerprint density at radius 2 is 2.19 bits per heavy atom. The Morgan fingerprint density at radius 3 is 2.86 bits per heavy atom. The number of nitro benzene ring substituents is 1. The lowest BCUT2D eigenvalue weighted by Gasteiger charge is -2.27. The van der Waals surface area contributed by atoms with Crippen molar-refractivity contribution >= 4 is 11.4 Å². The maximum absolute atomic E-state index is 10.8. The molecule has 1 aromatic rings. The number of nitro groups is 1. The normalized spacial score (nSPS) is 17.4. The molecular formula is C14H21N3O4. The zero-order valence-corrected chi connectivity index (χ0v) is 12.2. The van der Waals surface area contributed by atoms with Gasteiger partial charge in [0.2, 0.25) is 0 Å². The lowest BCUT2D eigenvalue weighted by Crippen LogP contribution is -2.38. The highest BCUT2D eigenvalue weighted by Crippen LogP contribution is 2.28. The SMILES string of the molecule is CC(CCN1CCOCC1)Oc1cc([N+](=O)[O-])ccc1N. The van der Waals surface area contributed by atoms with Gasteiger partial charge < -0.3 is 15.2 Å². The van der Waals surface area contributed by atoms with Gasteiger partial charge in [-0.3, -0.25) is 15.0 Å². The minimum atomic E-state index is -0.454. The topological polar surface area (TPSA) is 90.9 Å². The molecule has 0 amide bonds. The average Bonchev–Trinajstić information content (AvgIpc) is 2.48. The van der Waals surface area contributed by atoms with Crippen molar-refractivity contribution in [1.29, 1.82) is 0 Å².